The van der Waals surface area contributed by atoms with E-state index >= 15 is 0 Å². The van der Waals surface area contributed by atoms with Crippen LogP contribution in [0.4, 0.5) is 5.13 Å². The molecule has 15 heavy (non-hydrogen) atoms. The number of nitrogens with zero attached hydrogens (tertiary/aromatic N) is 1. The fourth-order valence-corrected chi connectivity index (χ4v) is 2.06. The molecule has 0 atom stereocenters. The number of carbonyl (C=O) groups is 1. The Morgan fingerprint density at radius 1 is 1.73 bits per heavy atom. The third-order valence-electron chi connectivity index (χ3n) is 1.86. The highest BCUT2D eigenvalue weighted by Crippen LogP contribution is 2.23. The van der Waals surface area contributed by atoms with Crippen LogP contribution in [0.25, 0.3) is 0 Å². The second-order valence-electron chi connectivity index (χ2n) is 3.66. The molecule has 0 saturated heterocycles. The highest BCUT2D eigenvalue weighted by Gasteiger charge is 2.21. The molecule has 0 aliphatic carbocycles. The first-order chi connectivity index (χ1) is 6.93. The van der Waals surface area contributed by atoms with E-state index in [-0.39, 0.29) is 5.91 Å². The summed E-state index contributed by atoms with van der Waals surface area (Å²) in [5.41, 5.74) is -0.446. The van der Waals surface area contributed by atoms with Crippen molar-refractivity contribution in [3.63, 3.8) is 0 Å². The molecular formula is C9H13BrN2O2S. The van der Waals surface area contributed by atoms with Crippen LogP contribution >= 0.6 is 27.3 Å². The molecule has 0 saturated carbocycles. The summed E-state index contributed by atoms with van der Waals surface area (Å²) in [7, 11) is 1.59. The van der Waals surface area contributed by atoms with E-state index in [1.807, 2.05) is 13.8 Å². The molecule has 6 heteroatoms. The van der Waals surface area contributed by atoms with Gasteiger partial charge in [0.1, 0.15) is 0 Å². The number of aromatic nitrogens is 1. The monoisotopic (exact) mass is 292 g/mol. The number of nitrogens with one attached hydrogen (secondary N) is 1. The van der Waals surface area contributed by atoms with Crippen molar-refractivity contribution in [3.8, 4) is 0 Å². The van der Waals surface area contributed by atoms with Gasteiger partial charge in [-0.15, -0.1) is 0 Å². The average Bonchev–Trinajstić information content (AvgIpc) is 2.50. The molecular weight excluding hydrogens is 280 g/mol. The predicted molar refractivity (Wildman–Crippen MR) is 64.1 cm³/mol. The zero-order valence-electron chi connectivity index (χ0n) is 8.83. The van der Waals surface area contributed by atoms with Crippen molar-refractivity contribution in [2.45, 2.75) is 25.9 Å². The number of thiazole rings is 1. The zero-order valence-corrected chi connectivity index (χ0v) is 11.2. The van der Waals surface area contributed by atoms with Crippen molar-refractivity contribution >= 4 is 38.3 Å². The largest absolute Gasteiger partial charge is 0.378 e. The van der Waals surface area contributed by atoms with Crippen molar-refractivity contribution < 1.29 is 9.53 Å². The van der Waals surface area contributed by atoms with Crippen LogP contribution < -0.4 is 5.32 Å². The Balaban J connectivity index is 2.50. The lowest BCUT2D eigenvalue weighted by atomic mass is 10.1. The van der Waals surface area contributed by atoms with Crippen molar-refractivity contribution in [3.05, 3.63) is 9.98 Å². The molecule has 1 rings (SSSR count). The first-order valence-electron chi connectivity index (χ1n) is 4.39. The zero-order chi connectivity index (χ0) is 11.5. The van der Waals surface area contributed by atoms with E-state index in [1.165, 1.54) is 11.3 Å². The van der Waals surface area contributed by atoms with Gasteiger partial charge in [0.15, 0.2) is 5.13 Å². The summed E-state index contributed by atoms with van der Waals surface area (Å²) in [5.74, 6) is -0.0938. The lowest BCUT2D eigenvalue weighted by Crippen LogP contribution is -2.29. The molecule has 1 N–H and O–H groups in total. The lowest BCUT2D eigenvalue weighted by Gasteiger charge is -2.21. The number of hydrogen-bond acceptors (Lipinski definition) is 4. The van der Waals surface area contributed by atoms with Crippen molar-refractivity contribution in [2.75, 3.05) is 12.4 Å². The highest BCUT2D eigenvalue weighted by molar-refractivity contribution is 9.11. The lowest BCUT2D eigenvalue weighted by molar-refractivity contribution is -0.121. The van der Waals surface area contributed by atoms with Gasteiger partial charge in [-0.1, -0.05) is 11.3 Å². The number of hydrogen-bond donors (Lipinski definition) is 1. The highest BCUT2D eigenvalue weighted by atomic mass is 79.9. The minimum atomic E-state index is -0.446. The molecule has 0 aliphatic rings. The van der Waals surface area contributed by atoms with Crippen LogP contribution in [0.1, 0.15) is 20.3 Å². The molecule has 1 heterocycles. The van der Waals surface area contributed by atoms with Crippen molar-refractivity contribution in [1.29, 1.82) is 0 Å². The van der Waals surface area contributed by atoms with E-state index in [1.54, 1.807) is 13.3 Å². The number of carbonyl (C=O) groups excluding carboxylic acids is 1. The predicted octanol–water partition coefficient (Wildman–Crippen LogP) is 2.66. The quantitative estimate of drug-likeness (QED) is 0.928. The minimum Gasteiger partial charge on any atom is -0.378 e. The smallest absolute Gasteiger partial charge is 0.229 e. The van der Waals surface area contributed by atoms with Crippen LogP contribution in [0.3, 0.4) is 0 Å². The molecule has 4 nitrogen and oxygen atoms in total. The summed E-state index contributed by atoms with van der Waals surface area (Å²) in [4.78, 5) is 15.6. The van der Waals surface area contributed by atoms with Gasteiger partial charge in [-0.25, -0.2) is 4.98 Å². The molecule has 1 aromatic heterocycles. The normalized spacial score (nSPS) is 11.5. The first kappa shape index (κ1) is 12.6. The minimum absolute atomic E-state index is 0.0938. The standard InChI is InChI=1S/C9H13BrN2O2S/c1-9(2,14-3)4-7(13)12-8-11-5-6(10)15-8/h5H,4H2,1-3H3,(H,11,12,13). The summed E-state index contributed by atoms with van der Waals surface area (Å²) in [6, 6.07) is 0. The number of halogens is 1. The van der Waals surface area contributed by atoms with Crippen LogP contribution in [0.5, 0.6) is 0 Å². The molecule has 1 aromatic rings. The van der Waals surface area contributed by atoms with Gasteiger partial charge in [-0.3, -0.25) is 4.79 Å². The van der Waals surface area contributed by atoms with Crippen LogP contribution in [0, 0.1) is 0 Å². The number of ether oxygens (including phenoxy) is 1. The molecule has 0 aliphatic heterocycles. The Labute approximate surface area is 101 Å². The third-order valence-corrected chi connectivity index (χ3v) is 3.25. The van der Waals surface area contributed by atoms with Crippen LogP contribution in [-0.2, 0) is 9.53 Å². The van der Waals surface area contributed by atoms with E-state index in [9.17, 15) is 4.79 Å². The Morgan fingerprint density at radius 3 is 2.87 bits per heavy atom. The van der Waals surface area contributed by atoms with Gasteiger partial charge in [0.2, 0.25) is 5.91 Å². The maximum Gasteiger partial charge on any atom is 0.229 e. The van der Waals surface area contributed by atoms with E-state index in [2.05, 4.69) is 26.2 Å². The first-order valence-corrected chi connectivity index (χ1v) is 6.00. The van der Waals surface area contributed by atoms with E-state index in [4.69, 9.17) is 4.74 Å². The van der Waals surface area contributed by atoms with Crippen LogP contribution in [0.2, 0.25) is 0 Å². The second kappa shape index (κ2) is 5.05. The molecule has 0 spiro atoms. The maximum absolute atomic E-state index is 11.6. The molecule has 0 unspecified atom stereocenters. The van der Waals surface area contributed by atoms with Crippen LogP contribution in [0.15, 0.2) is 9.98 Å². The van der Waals surface area contributed by atoms with Gasteiger partial charge < -0.3 is 10.1 Å². The van der Waals surface area contributed by atoms with Gasteiger partial charge in [-0.2, -0.15) is 0 Å². The van der Waals surface area contributed by atoms with E-state index < -0.39 is 5.60 Å². The Hall–Kier alpha value is -0.460. The van der Waals surface area contributed by atoms with E-state index in [0.717, 1.165) is 3.79 Å². The molecule has 1 amide bonds. The van der Waals surface area contributed by atoms with Crippen LogP contribution in [-0.4, -0.2) is 23.6 Å². The van der Waals surface area contributed by atoms with Gasteiger partial charge in [-0.05, 0) is 29.8 Å². The summed E-state index contributed by atoms with van der Waals surface area (Å²) in [6.07, 6.45) is 1.96. The van der Waals surface area contributed by atoms with E-state index in [0.29, 0.717) is 11.6 Å². The fourth-order valence-electron chi connectivity index (χ4n) is 0.935. The second-order valence-corrected chi connectivity index (χ2v) is 6.07. The molecule has 0 radical (unpaired) electrons. The Morgan fingerprint density at radius 2 is 2.40 bits per heavy atom. The number of anilines is 1. The SMILES string of the molecule is COC(C)(C)CC(=O)Nc1ncc(Br)s1. The fraction of sp³-hybridized carbons (Fsp3) is 0.556. The molecule has 0 fully saturated rings. The molecule has 0 aromatic carbocycles. The number of methoxy groups -OCH3 is 1. The van der Waals surface area contributed by atoms with Gasteiger partial charge in [0.25, 0.3) is 0 Å². The summed E-state index contributed by atoms with van der Waals surface area (Å²) in [5, 5.41) is 3.31. The van der Waals surface area contributed by atoms with Gasteiger partial charge in [0.05, 0.1) is 22.0 Å². The average molecular weight is 293 g/mol. The van der Waals surface area contributed by atoms with Gasteiger partial charge in [0, 0.05) is 7.11 Å². The van der Waals surface area contributed by atoms with Crippen molar-refractivity contribution in [1.82, 2.24) is 4.98 Å². The summed E-state index contributed by atoms with van der Waals surface area (Å²) in [6.45, 7) is 3.73. The van der Waals surface area contributed by atoms with Gasteiger partial charge >= 0.3 is 0 Å². The third kappa shape index (κ3) is 4.27. The summed E-state index contributed by atoms with van der Waals surface area (Å²) < 4.78 is 6.06. The topological polar surface area (TPSA) is 51.2 Å². The maximum atomic E-state index is 11.6. The molecule has 84 valence electrons. The Bertz CT molecular complexity index is 352. The Kier molecular flexibility index (Phi) is 4.24. The number of amides is 1. The van der Waals surface area contributed by atoms with Crippen molar-refractivity contribution in [2.24, 2.45) is 0 Å². The molecule has 0 bridgehead atoms. The summed E-state index contributed by atoms with van der Waals surface area (Å²) >= 11 is 4.66. The number of rotatable bonds is 4.